The maximum absolute atomic E-state index is 12.8. The number of aliphatic hydroxyl groups excluding tert-OH is 2. The van der Waals surface area contributed by atoms with Crippen LogP contribution in [0.4, 0.5) is 0 Å². The number of hydrogen-bond donors (Lipinski definition) is 2. The summed E-state index contributed by atoms with van der Waals surface area (Å²) in [6.45, 7) is 13.0. The first kappa shape index (κ1) is 31.3. The lowest BCUT2D eigenvalue weighted by molar-refractivity contribution is -0.253. The van der Waals surface area contributed by atoms with Crippen LogP contribution in [0.3, 0.4) is 0 Å². The molecule has 0 aliphatic heterocycles. The van der Waals surface area contributed by atoms with Crippen LogP contribution in [0.25, 0.3) is 0 Å². The molecule has 0 spiro atoms. The average Bonchev–Trinajstić information content (AvgIpc) is 2.88. The normalized spacial score (nSPS) is 28.5. The van der Waals surface area contributed by atoms with Gasteiger partial charge >= 0.3 is 23.9 Å². The minimum atomic E-state index is -1.82. The lowest BCUT2D eigenvalue weighted by Crippen LogP contribution is -2.67. The predicted octanol–water partition coefficient (Wildman–Crippen LogP) is 2.39. The van der Waals surface area contributed by atoms with E-state index in [4.69, 9.17) is 18.9 Å². The third kappa shape index (κ3) is 7.64. The zero-order valence-corrected chi connectivity index (χ0v) is 22.3. The highest BCUT2D eigenvalue weighted by Gasteiger charge is 2.57. The van der Waals surface area contributed by atoms with E-state index in [1.165, 1.54) is 26.0 Å². The van der Waals surface area contributed by atoms with Crippen LogP contribution in [0, 0.1) is 11.8 Å². The predicted molar refractivity (Wildman–Crippen MR) is 129 cm³/mol. The van der Waals surface area contributed by atoms with Gasteiger partial charge in [-0.2, -0.15) is 0 Å². The summed E-state index contributed by atoms with van der Waals surface area (Å²) < 4.78 is 22.1. The average molecular weight is 513 g/mol. The van der Waals surface area contributed by atoms with Crippen molar-refractivity contribution in [2.75, 3.05) is 0 Å². The van der Waals surface area contributed by atoms with Gasteiger partial charge in [0.15, 0.2) is 24.4 Å². The van der Waals surface area contributed by atoms with Crippen LogP contribution in [-0.4, -0.2) is 70.7 Å². The summed E-state index contributed by atoms with van der Waals surface area (Å²) in [6.07, 6.45) is -6.16. The quantitative estimate of drug-likeness (QED) is 0.254. The molecule has 1 aliphatic carbocycles. The SMILES string of the molecule is C/C=C(/C)C(=O)O[C@H]1[C@H](O)[C@@H](O)[C@H](OC(=O)/C(C)=C\C)[C@H](OC(=O)[C@H](C)CC)[C@H]1OC(=O)[C@H](C)CC. The Morgan fingerprint density at radius 1 is 0.667 bits per heavy atom. The second-order valence-corrected chi connectivity index (χ2v) is 9.09. The van der Waals surface area contributed by atoms with Crippen molar-refractivity contribution in [3.05, 3.63) is 23.3 Å². The Hall–Kier alpha value is -2.72. The Morgan fingerprint density at radius 2 is 0.972 bits per heavy atom. The second-order valence-electron chi connectivity index (χ2n) is 9.09. The molecule has 0 saturated heterocycles. The van der Waals surface area contributed by atoms with Gasteiger partial charge in [-0.1, -0.05) is 39.8 Å². The Morgan fingerprint density at radius 3 is 1.22 bits per heavy atom. The van der Waals surface area contributed by atoms with E-state index >= 15 is 0 Å². The van der Waals surface area contributed by atoms with Gasteiger partial charge < -0.3 is 29.2 Å². The van der Waals surface area contributed by atoms with Crippen molar-refractivity contribution in [1.82, 2.24) is 0 Å². The molecule has 0 radical (unpaired) electrons. The van der Waals surface area contributed by atoms with Crippen LogP contribution in [0.5, 0.6) is 0 Å². The summed E-state index contributed by atoms with van der Waals surface area (Å²) in [5.41, 5.74) is 0.406. The van der Waals surface area contributed by atoms with Crippen LogP contribution in [-0.2, 0) is 38.1 Å². The largest absolute Gasteiger partial charge is 0.454 e. The van der Waals surface area contributed by atoms with Gasteiger partial charge in [-0.3, -0.25) is 9.59 Å². The topological polar surface area (TPSA) is 146 Å². The standard InChI is InChI=1S/C26H40O10/c1-9-13(5)23(29)33-19-17(27)18(28)20(34-24(30)14(6)10-2)22(36-26(32)16(8)12-4)21(19)35-25(31)15(7)11-3/h9-10,15-22,27-28H,11-12H2,1-8H3/b13-9-,14-10-/t15-,16-,17-,18-,19+,20+,21+,22+/m1/s1. The van der Waals surface area contributed by atoms with Gasteiger partial charge in [0, 0.05) is 11.1 Å². The third-order valence-corrected chi connectivity index (χ3v) is 6.52. The van der Waals surface area contributed by atoms with E-state index in [-0.39, 0.29) is 11.1 Å². The molecule has 0 unspecified atom stereocenters. The Kier molecular flexibility index (Phi) is 12.3. The molecule has 1 rings (SSSR count). The first-order valence-corrected chi connectivity index (χ1v) is 12.3. The Labute approximate surface area is 212 Å². The molecule has 2 N–H and O–H groups in total. The maximum atomic E-state index is 12.8. The summed E-state index contributed by atoms with van der Waals surface area (Å²) in [4.78, 5) is 50.7. The lowest BCUT2D eigenvalue weighted by atomic mass is 9.83. The van der Waals surface area contributed by atoms with Gasteiger partial charge in [0.25, 0.3) is 0 Å². The summed E-state index contributed by atoms with van der Waals surface area (Å²) in [5.74, 6) is -4.20. The second kappa shape index (κ2) is 14.1. The first-order valence-electron chi connectivity index (χ1n) is 12.3. The molecule has 0 aromatic heterocycles. The van der Waals surface area contributed by atoms with Crippen molar-refractivity contribution < 1.29 is 48.3 Å². The molecule has 1 aliphatic rings. The van der Waals surface area contributed by atoms with Crippen LogP contribution in [0.2, 0.25) is 0 Å². The van der Waals surface area contributed by atoms with Crippen LogP contribution in [0.1, 0.15) is 68.2 Å². The monoisotopic (exact) mass is 512 g/mol. The minimum Gasteiger partial charge on any atom is -0.454 e. The molecule has 10 nitrogen and oxygen atoms in total. The first-order chi connectivity index (χ1) is 16.8. The highest BCUT2D eigenvalue weighted by atomic mass is 16.6. The lowest BCUT2D eigenvalue weighted by Gasteiger charge is -2.45. The van der Waals surface area contributed by atoms with Crippen LogP contribution >= 0.6 is 0 Å². The van der Waals surface area contributed by atoms with Crippen LogP contribution < -0.4 is 0 Å². The third-order valence-electron chi connectivity index (χ3n) is 6.52. The van der Waals surface area contributed by atoms with E-state index in [1.807, 2.05) is 0 Å². The highest BCUT2D eigenvalue weighted by molar-refractivity contribution is 5.88. The van der Waals surface area contributed by atoms with E-state index in [9.17, 15) is 29.4 Å². The maximum Gasteiger partial charge on any atom is 0.333 e. The molecule has 8 atom stereocenters. The summed E-state index contributed by atoms with van der Waals surface area (Å²) >= 11 is 0. The number of ether oxygens (including phenoxy) is 4. The van der Waals surface area contributed by atoms with Gasteiger partial charge in [0.05, 0.1) is 11.8 Å². The molecule has 0 bridgehead atoms. The fourth-order valence-corrected chi connectivity index (χ4v) is 3.20. The molecular weight excluding hydrogens is 472 g/mol. The molecule has 1 fully saturated rings. The highest BCUT2D eigenvalue weighted by Crippen LogP contribution is 2.33. The minimum absolute atomic E-state index is 0.203. The summed E-state index contributed by atoms with van der Waals surface area (Å²) in [5, 5.41) is 21.8. The molecule has 0 amide bonds. The number of hydrogen-bond acceptors (Lipinski definition) is 10. The number of carbonyl (C=O) groups is 4. The van der Waals surface area contributed by atoms with E-state index < -0.39 is 72.3 Å². The number of rotatable bonds is 10. The van der Waals surface area contributed by atoms with Gasteiger partial charge in [0.1, 0.15) is 12.2 Å². The van der Waals surface area contributed by atoms with Crippen molar-refractivity contribution >= 4 is 23.9 Å². The van der Waals surface area contributed by atoms with Gasteiger partial charge in [-0.15, -0.1) is 0 Å². The molecule has 1 saturated carbocycles. The van der Waals surface area contributed by atoms with Crippen molar-refractivity contribution in [2.24, 2.45) is 11.8 Å². The summed E-state index contributed by atoms with van der Waals surface area (Å²) in [6, 6.07) is 0. The van der Waals surface area contributed by atoms with Crippen molar-refractivity contribution in [1.29, 1.82) is 0 Å². The molecule has 36 heavy (non-hydrogen) atoms. The Bertz CT molecular complexity index is 791. The zero-order valence-electron chi connectivity index (χ0n) is 22.3. The number of esters is 4. The molecule has 0 heterocycles. The molecule has 0 aromatic carbocycles. The number of aliphatic hydroxyl groups is 2. The van der Waals surface area contributed by atoms with Crippen molar-refractivity contribution in [2.45, 2.75) is 105 Å². The van der Waals surface area contributed by atoms with E-state index in [1.54, 1.807) is 41.5 Å². The number of allylic oxidation sites excluding steroid dienone is 2. The summed E-state index contributed by atoms with van der Waals surface area (Å²) in [7, 11) is 0. The molecule has 0 aromatic rings. The fourth-order valence-electron chi connectivity index (χ4n) is 3.20. The van der Waals surface area contributed by atoms with Crippen molar-refractivity contribution in [3.63, 3.8) is 0 Å². The smallest absolute Gasteiger partial charge is 0.333 e. The van der Waals surface area contributed by atoms with Gasteiger partial charge in [0.2, 0.25) is 0 Å². The van der Waals surface area contributed by atoms with Gasteiger partial charge in [-0.25, -0.2) is 9.59 Å². The van der Waals surface area contributed by atoms with Crippen LogP contribution in [0.15, 0.2) is 23.3 Å². The van der Waals surface area contributed by atoms with Gasteiger partial charge in [-0.05, 0) is 40.5 Å². The molecule has 10 heteroatoms. The Balaban J connectivity index is 3.61. The van der Waals surface area contributed by atoms with E-state index in [0.29, 0.717) is 12.8 Å². The number of carbonyl (C=O) groups excluding carboxylic acids is 4. The molecular formula is C26H40O10. The fraction of sp³-hybridized carbons (Fsp3) is 0.692. The zero-order chi connectivity index (χ0) is 27.7. The van der Waals surface area contributed by atoms with E-state index in [2.05, 4.69) is 0 Å². The van der Waals surface area contributed by atoms with E-state index in [0.717, 1.165) is 0 Å². The molecule has 204 valence electrons. The van der Waals surface area contributed by atoms with Crippen molar-refractivity contribution in [3.8, 4) is 0 Å².